The monoisotopic (exact) mass is 282 g/mol. The topological polar surface area (TPSA) is 70.9 Å². The fourth-order valence-electron chi connectivity index (χ4n) is 2.24. The molecule has 1 heterocycles. The van der Waals surface area contributed by atoms with Crippen LogP contribution in [0.2, 0.25) is 0 Å². The summed E-state index contributed by atoms with van der Waals surface area (Å²) in [5, 5.41) is 12.7. The molecule has 0 spiro atoms. The number of nitrogens with zero attached hydrogens (tertiary/aromatic N) is 1. The maximum Gasteiger partial charge on any atom is 0.253 e. The Kier molecular flexibility index (Phi) is 3.31. The number of fused-ring (bicyclic) bond motifs is 1. The van der Waals surface area contributed by atoms with E-state index < -0.39 is 0 Å². The quantitative estimate of drug-likeness (QED) is 0.887. The van der Waals surface area contributed by atoms with E-state index in [0.29, 0.717) is 17.8 Å². The van der Waals surface area contributed by atoms with Gasteiger partial charge in [-0.1, -0.05) is 30.3 Å². The van der Waals surface area contributed by atoms with Crippen molar-refractivity contribution >= 4 is 17.3 Å². The molecule has 2 N–H and O–H groups in total. The third-order valence-corrected chi connectivity index (χ3v) is 3.32. The lowest BCUT2D eigenvalue weighted by atomic mass is 10.1. The van der Waals surface area contributed by atoms with Crippen LogP contribution in [0.25, 0.3) is 0 Å². The molecule has 0 saturated heterocycles. The molecule has 0 aromatic heterocycles. The van der Waals surface area contributed by atoms with Gasteiger partial charge in [-0.25, -0.2) is 4.99 Å². The van der Waals surface area contributed by atoms with Crippen LogP contribution in [0, 0.1) is 0 Å². The Morgan fingerprint density at radius 3 is 2.71 bits per heavy atom. The van der Waals surface area contributed by atoms with E-state index in [2.05, 4.69) is 10.3 Å². The predicted octanol–water partition coefficient (Wildman–Crippen LogP) is 2.26. The summed E-state index contributed by atoms with van der Waals surface area (Å²) in [6.07, 6.45) is 0. The van der Waals surface area contributed by atoms with Crippen LogP contribution in [0.4, 0.5) is 5.69 Å². The van der Waals surface area contributed by atoms with Crippen LogP contribution in [0.3, 0.4) is 0 Å². The number of hydrogen-bond acceptors (Lipinski definition) is 4. The van der Waals surface area contributed by atoms with Crippen molar-refractivity contribution in [1.29, 1.82) is 0 Å². The molecule has 0 unspecified atom stereocenters. The zero-order chi connectivity index (χ0) is 14.8. The Morgan fingerprint density at radius 2 is 2.00 bits per heavy atom. The highest BCUT2D eigenvalue weighted by atomic mass is 16.5. The molecule has 2 aromatic carbocycles. The second kappa shape index (κ2) is 5.28. The van der Waals surface area contributed by atoms with Gasteiger partial charge in [-0.3, -0.25) is 4.79 Å². The first-order valence-corrected chi connectivity index (χ1v) is 6.51. The minimum atomic E-state index is -0.238. The Hall–Kier alpha value is -2.82. The molecule has 3 rings (SSSR count). The molecule has 0 aliphatic carbocycles. The van der Waals surface area contributed by atoms with Crippen LogP contribution >= 0.6 is 0 Å². The maximum atomic E-state index is 12.1. The number of phenolic OH excluding ortho intramolecular Hbond substituents is 1. The molecule has 5 nitrogen and oxygen atoms in total. The smallest absolute Gasteiger partial charge is 0.253 e. The van der Waals surface area contributed by atoms with E-state index >= 15 is 0 Å². The first kappa shape index (κ1) is 13.2. The van der Waals surface area contributed by atoms with Crippen LogP contribution in [-0.2, 0) is 0 Å². The SMILES string of the molecule is COc1cc2c(cc1O)N=C(c1ccccc1)CNC2=O. The maximum absolute atomic E-state index is 12.1. The lowest BCUT2D eigenvalue weighted by Crippen LogP contribution is -2.28. The van der Waals surface area contributed by atoms with Crippen molar-refractivity contribution in [2.75, 3.05) is 13.7 Å². The van der Waals surface area contributed by atoms with Gasteiger partial charge in [0.15, 0.2) is 11.5 Å². The van der Waals surface area contributed by atoms with Gasteiger partial charge in [-0.05, 0) is 11.6 Å². The molecule has 1 aliphatic heterocycles. The van der Waals surface area contributed by atoms with Crippen molar-refractivity contribution in [2.45, 2.75) is 0 Å². The van der Waals surface area contributed by atoms with Crippen molar-refractivity contribution in [3.63, 3.8) is 0 Å². The average molecular weight is 282 g/mol. The number of aromatic hydroxyl groups is 1. The summed E-state index contributed by atoms with van der Waals surface area (Å²) in [6.45, 7) is 0.334. The predicted molar refractivity (Wildman–Crippen MR) is 79.6 cm³/mol. The molecule has 21 heavy (non-hydrogen) atoms. The van der Waals surface area contributed by atoms with Crippen LogP contribution < -0.4 is 10.1 Å². The number of rotatable bonds is 2. The number of benzene rings is 2. The summed E-state index contributed by atoms with van der Waals surface area (Å²) in [5.74, 6) is -0.0256. The number of carbonyl (C=O) groups is 1. The number of phenols is 1. The van der Waals surface area contributed by atoms with Gasteiger partial charge < -0.3 is 15.2 Å². The highest BCUT2D eigenvalue weighted by Crippen LogP contribution is 2.35. The highest BCUT2D eigenvalue weighted by Gasteiger charge is 2.20. The molecule has 2 aromatic rings. The fraction of sp³-hybridized carbons (Fsp3) is 0.125. The van der Waals surface area contributed by atoms with Gasteiger partial charge in [-0.2, -0.15) is 0 Å². The van der Waals surface area contributed by atoms with Gasteiger partial charge in [-0.15, -0.1) is 0 Å². The van der Waals surface area contributed by atoms with Gasteiger partial charge in [0.2, 0.25) is 0 Å². The van der Waals surface area contributed by atoms with Crippen LogP contribution in [0.1, 0.15) is 15.9 Å². The van der Waals surface area contributed by atoms with Crippen molar-refractivity contribution in [3.05, 3.63) is 53.6 Å². The minimum Gasteiger partial charge on any atom is -0.504 e. The van der Waals surface area contributed by atoms with E-state index in [-0.39, 0.29) is 17.4 Å². The Bertz CT molecular complexity index is 724. The molecular formula is C16H14N2O3. The summed E-state index contributed by atoms with van der Waals surface area (Å²) in [7, 11) is 1.44. The Labute approximate surface area is 121 Å². The van der Waals surface area contributed by atoms with Crippen LogP contribution in [0.15, 0.2) is 47.5 Å². The van der Waals surface area contributed by atoms with Gasteiger partial charge in [0.05, 0.1) is 30.6 Å². The number of hydrogen-bond donors (Lipinski definition) is 2. The summed E-state index contributed by atoms with van der Waals surface area (Å²) in [6, 6.07) is 12.6. The molecule has 106 valence electrons. The highest BCUT2D eigenvalue weighted by molar-refractivity contribution is 6.11. The lowest BCUT2D eigenvalue weighted by molar-refractivity contribution is 0.0960. The van der Waals surface area contributed by atoms with Crippen LogP contribution in [-0.4, -0.2) is 30.4 Å². The average Bonchev–Trinajstić information content (AvgIpc) is 2.67. The normalized spacial score (nSPS) is 13.8. The Balaban J connectivity index is 2.13. The summed E-state index contributed by atoms with van der Waals surface area (Å²) >= 11 is 0. The zero-order valence-corrected chi connectivity index (χ0v) is 11.5. The number of nitrogens with one attached hydrogen (secondary N) is 1. The van der Waals surface area contributed by atoms with Crippen molar-refractivity contribution in [3.8, 4) is 11.5 Å². The summed E-state index contributed by atoms with van der Waals surface area (Å²) in [5.41, 5.74) is 2.49. The molecule has 0 bridgehead atoms. The molecule has 1 aliphatic rings. The summed E-state index contributed by atoms with van der Waals surface area (Å²) in [4.78, 5) is 16.7. The number of ether oxygens (including phenoxy) is 1. The van der Waals surface area contributed by atoms with E-state index in [4.69, 9.17) is 4.74 Å². The number of amides is 1. The van der Waals surface area contributed by atoms with E-state index in [0.717, 1.165) is 11.3 Å². The Morgan fingerprint density at radius 1 is 1.24 bits per heavy atom. The molecule has 0 atom stereocenters. The van der Waals surface area contributed by atoms with Gasteiger partial charge in [0, 0.05) is 6.07 Å². The molecule has 0 radical (unpaired) electrons. The minimum absolute atomic E-state index is 0.0397. The third kappa shape index (κ3) is 2.45. The third-order valence-electron chi connectivity index (χ3n) is 3.32. The second-order valence-electron chi connectivity index (χ2n) is 4.65. The first-order chi connectivity index (χ1) is 10.2. The van der Waals surface area contributed by atoms with E-state index in [9.17, 15) is 9.90 Å². The fourth-order valence-corrected chi connectivity index (χ4v) is 2.24. The van der Waals surface area contributed by atoms with Crippen molar-refractivity contribution in [1.82, 2.24) is 5.32 Å². The lowest BCUT2D eigenvalue weighted by Gasteiger charge is -2.07. The van der Waals surface area contributed by atoms with Crippen molar-refractivity contribution in [2.24, 2.45) is 4.99 Å². The van der Waals surface area contributed by atoms with Gasteiger partial charge in [0.1, 0.15) is 0 Å². The van der Waals surface area contributed by atoms with Crippen LogP contribution in [0.5, 0.6) is 11.5 Å². The number of aliphatic imine (C=N–C) groups is 1. The standard InChI is InChI=1S/C16H14N2O3/c1-21-15-7-11-12(8-14(15)19)18-13(9-17-16(11)20)10-5-3-2-4-6-10/h2-8,19H,9H2,1H3,(H,17,20). The molecule has 0 fully saturated rings. The van der Waals surface area contributed by atoms with E-state index in [1.165, 1.54) is 19.2 Å². The van der Waals surface area contributed by atoms with Crippen molar-refractivity contribution < 1.29 is 14.6 Å². The van der Waals surface area contributed by atoms with Gasteiger partial charge in [0.25, 0.3) is 5.91 Å². The number of carbonyl (C=O) groups excluding carboxylic acids is 1. The molecule has 0 saturated carbocycles. The molecule has 5 heteroatoms. The molecular weight excluding hydrogens is 268 g/mol. The zero-order valence-electron chi connectivity index (χ0n) is 11.5. The second-order valence-corrected chi connectivity index (χ2v) is 4.65. The molecule has 1 amide bonds. The first-order valence-electron chi connectivity index (χ1n) is 6.51. The summed E-state index contributed by atoms with van der Waals surface area (Å²) < 4.78 is 5.03. The van der Waals surface area contributed by atoms with E-state index in [1.54, 1.807) is 0 Å². The largest absolute Gasteiger partial charge is 0.504 e. The van der Waals surface area contributed by atoms with Gasteiger partial charge >= 0.3 is 0 Å². The number of methoxy groups -OCH3 is 1. The van der Waals surface area contributed by atoms with E-state index in [1.807, 2.05) is 30.3 Å².